The summed E-state index contributed by atoms with van der Waals surface area (Å²) in [7, 11) is -3.14. The Bertz CT molecular complexity index is 704. The third-order valence-electron chi connectivity index (χ3n) is 5.46. The minimum Gasteiger partial charge on any atom is -0.372 e. The number of rotatable bonds is 6. The molecular formula is C19H29N3O3S. The largest absolute Gasteiger partial charge is 0.372 e. The van der Waals surface area contributed by atoms with E-state index in [9.17, 15) is 13.2 Å². The number of hydrogen-bond acceptors (Lipinski definition) is 4. The number of nitrogens with zero attached hydrogens (tertiary/aromatic N) is 2. The number of sulfonamides is 1. The lowest BCUT2D eigenvalue weighted by Gasteiger charge is -2.30. The second-order valence-electron chi connectivity index (χ2n) is 7.15. The van der Waals surface area contributed by atoms with Crippen molar-refractivity contribution >= 4 is 21.6 Å². The summed E-state index contributed by atoms with van der Waals surface area (Å²) in [4.78, 5) is 14.8. The summed E-state index contributed by atoms with van der Waals surface area (Å²) in [6.07, 6.45) is 3.71. The molecule has 7 heteroatoms. The van der Waals surface area contributed by atoms with Crippen molar-refractivity contribution in [3.05, 3.63) is 29.8 Å². The van der Waals surface area contributed by atoms with Crippen LogP contribution in [0, 0.1) is 5.92 Å². The van der Waals surface area contributed by atoms with E-state index in [1.807, 2.05) is 0 Å². The lowest BCUT2D eigenvalue weighted by atomic mass is 9.97. The Hall–Kier alpha value is -1.60. The van der Waals surface area contributed by atoms with Crippen molar-refractivity contribution in [1.29, 1.82) is 0 Å². The van der Waals surface area contributed by atoms with Crippen LogP contribution < -0.4 is 10.2 Å². The Balaban J connectivity index is 1.45. The Morgan fingerprint density at radius 3 is 2.27 bits per heavy atom. The van der Waals surface area contributed by atoms with Gasteiger partial charge in [-0.1, -0.05) is 12.1 Å². The molecule has 0 radical (unpaired) electrons. The van der Waals surface area contributed by atoms with Gasteiger partial charge in [0.2, 0.25) is 15.9 Å². The first kappa shape index (κ1) is 19.2. The highest BCUT2D eigenvalue weighted by Gasteiger charge is 2.29. The molecule has 0 atom stereocenters. The van der Waals surface area contributed by atoms with Gasteiger partial charge >= 0.3 is 0 Å². The average molecular weight is 380 g/mol. The van der Waals surface area contributed by atoms with E-state index in [1.165, 1.54) is 22.8 Å². The van der Waals surface area contributed by atoms with Gasteiger partial charge in [-0.3, -0.25) is 4.79 Å². The predicted octanol–water partition coefficient (Wildman–Crippen LogP) is 1.96. The third kappa shape index (κ3) is 4.57. The van der Waals surface area contributed by atoms with E-state index in [4.69, 9.17) is 0 Å². The highest BCUT2D eigenvalue weighted by molar-refractivity contribution is 7.89. The normalized spacial score (nSPS) is 19.7. The molecule has 144 valence electrons. The van der Waals surface area contributed by atoms with Gasteiger partial charge in [-0.25, -0.2) is 12.7 Å². The first-order valence-corrected chi connectivity index (χ1v) is 11.2. The fourth-order valence-corrected chi connectivity index (χ4v) is 4.84. The molecular weight excluding hydrogens is 350 g/mol. The maximum atomic E-state index is 12.4. The fourth-order valence-electron chi connectivity index (χ4n) is 3.71. The zero-order chi connectivity index (χ0) is 18.6. The van der Waals surface area contributed by atoms with Gasteiger partial charge in [0.15, 0.2) is 0 Å². The quantitative estimate of drug-likeness (QED) is 0.820. The summed E-state index contributed by atoms with van der Waals surface area (Å²) >= 11 is 0. The van der Waals surface area contributed by atoms with E-state index in [0.29, 0.717) is 32.5 Å². The van der Waals surface area contributed by atoms with Crippen LogP contribution in [0.25, 0.3) is 0 Å². The summed E-state index contributed by atoms with van der Waals surface area (Å²) in [6.45, 7) is 5.32. The van der Waals surface area contributed by atoms with Crippen molar-refractivity contribution in [3.8, 4) is 0 Å². The minimum atomic E-state index is -3.14. The number of amides is 1. The number of piperidine rings is 1. The van der Waals surface area contributed by atoms with Gasteiger partial charge in [0.05, 0.1) is 5.75 Å². The summed E-state index contributed by atoms with van der Waals surface area (Å²) < 4.78 is 25.3. The van der Waals surface area contributed by atoms with Crippen molar-refractivity contribution in [2.45, 2.75) is 39.2 Å². The number of carbonyl (C=O) groups excluding carboxylic acids is 1. The topological polar surface area (TPSA) is 69.7 Å². The lowest BCUT2D eigenvalue weighted by molar-refractivity contribution is -0.126. The maximum absolute atomic E-state index is 12.4. The zero-order valence-electron chi connectivity index (χ0n) is 15.5. The van der Waals surface area contributed by atoms with Crippen LogP contribution in [0.4, 0.5) is 5.69 Å². The highest BCUT2D eigenvalue weighted by Crippen LogP contribution is 2.22. The molecule has 0 saturated carbocycles. The summed E-state index contributed by atoms with van der Waals surface area (Å²) in [5, 5.41) is 3.00. The standard InChI is InChI=1S/C19H29N3O3S/c1-2-26(24,25)22-13-9-17(10-14-22)19(23)20-15-16-5-7-18(8-6-16)21-11-3-4-12-21/h5-8,17H,2-4,9-15H2,1H3,(H,20,23). The monoisotopic (exact) mass is 379 g/mol. The maximum Gasteiger partial charge on any atom is 0.223 e. The van der Waals surface area contributed by atoms with E-state index in [2.05, 4.69) is 34.5 Å². The van der Waals surface area contributed by atoms with E-state index in [0.717, 1.165) is 18.7 Å². The zero-order valence-corrected chi connectivity index (χ0v) is 16.3. The highest BCUT2D eigenvalue weighted by atomic mass is 32.2. The van der Waals surface area contributed by atoms with E-state index in [1.54, 1.807) is 6.92 Å². The number of nitrogens with one attached hydrogen (secondary N) is 1. The van der Waals surface area contributed by atoms with Crippen molar-refractivity contribution < 1.29 is 13.2 Å². The van der Waals surface area contributed by atoms with Gasteiger partial charge in [0, 0.05) is 44.3 Å². The van der Waals surface area contributed by atoms with Crippen LogP contribution in [0.2, 0.25) is 0 Å². The number of hydrogen-bond donors (Lipinski definition) is 1. The van der Waals surface area contributed by atoms with Gasteiger partial charge in [-0.2, -0.15) is 0 Å². The van der Waals surface area contributed by atoms with E-state index >= 15 is 0 Å². The van der Waals surface area contributed by atoms with Crippen LogP contribution in [0.1, 0.15) is 38.2 Å². The van der Waals surface area contributed by atoms with Crippen molar-refractivity contribution in [1.82, 2.24) is 9.62 Å². The van der Waals surface area contributed by atoms with Gasteiger partial charge in [0.1, 0.15) is 0 Å². The molecule has 26 heavy (non-hydrogen) atoms. The Kier molecular flexibility index (Phi) is 6.19. The molecule has 2 aliphatic rings. The molecule has 2 aliphatic heterocycles. The van der Waals surface area contributed by atoms with Gasteiger partial charge in [0.25, 0.3) is 0 Å². The molecule has 0 aromatic heterocycles. The molecule has 2 saturated heterocycles. The fraction of sp³-hybridized carbons (Fsp3) is 0.632. The van der Waals surface area contributed by atoms with Crippen molar-refractivity contribution in [3.63, 3.8) is 0 Å². The van der Waals surface area contributed by atoms with E-state index < -0.39 is 10.0 Å². The van der Waals surface area contributed by atoms with E-state index in [-0.39, 0.29) is 17.6 Å². The molecule has 1 amide bonds. The van der Waals surface area contributed by atoms with Crippen molar-refractivity contribution in [2.24, 2.45) is 5.92 Å². The van der Waals surface area contributed by atoms with Gasteiger partial charge < -0.3 is 10.2 Å². The smallest absolute Gasteiger partial charge is 0.223 e. The van der Waals surface area contributed by atoms with Crippen LogP contribution in [-0.2, 0) is 21.4 Å². The molecule has 6 nitrogen and oxygen atoms in total. The average Bonchev–Trinajstić information content (AvgIpc) is 3.21. The lowest BCUT2D eigenvalue weighted by Crippen LogP contribution is -2.43. The van der Waals surface area contributed by atoms with Crippen LogP contribution in [0.15, 0.2) is 24.3 Å². The number of carbonyl (C=O) groups is 1. The molecule has 2 heterocycles. The minimum absolute atomic E-state index is 0.0298. The number of benzene rings is 1. The summed E-state index contributed by atoms with van der Waals surface area (Å²) in [6, 6.07) is 8.40. The molecule has 3 rings (SSSR count). The molecule has 0 unspecified atom stereocenters. The van der Waals surface area contributed by atoms with Crippen molar-refractivity contribution in [2.75, 3.05) is 36.8 Å². The first-order chi connectivity index (χ1) is 12.5. The van der Waals surface area contributed by atoms with Crippen LogP contribution >= 0.6 is 0 Å². The predicted molar refractivity (Wildman–Crippen MR) is 103 cm³/mol. The van der Waals surface area contributed by atoms with Gasteiger partial charge in [-0.15, -0.1) is 0 Å². The Labute approximate surface area is 156 Å². The van der Waals surface area contributed by atoms with Crippen LogP contribution in [0.5, 0.6) is 0 Å². The second-order valence-corrected chi connectivity index (χ2v) is 9.41. The van der Waals surface area contributed by atoms with Gasteiger partial charge in [-0.05, 0) is 50.3 Å². The van der Waals surface area contributed by atoms with Crippen LogP contribution in [0.3, 0.4) is 0 Å². The number of anilines is 1. The molecule has 1 N–H and O–H groups in total. The Morgan fingerprint density at radius 1 is 1.08 bits per heavy atom. The molecule has 2 fully saturated rings. The second kappa shape index (κ2) is 8.39. The molecule has 0 spiro atoms. The Morgan fingerprint density at radius 2 is 1.69 bits per heavy atom. The first-order valence-electron chi connectivity index (χ1n) is 9.59. The summed E-state index contributed by atoms with van der Waals surface area (Å²) in [5.74, 6) is 0.0569. The molecule has 0 bridgehead atoms. The SMILES string of the molecule is CCS(=O)(=O)N1CCC(C(=O)NCc2ccc(N3CCCC3)cc2)CC1. The third-order valence-corrected chi connectivity index (χ3v) is 7.34. The molecule has 1 aromatic rings. The molecule has 0 aliphatic carbocycles. The summed E-state index contributed by atoms with van der Waals surface area (Å²) in [5.41, 5.74) is 2.34. The van der Waals surface area contributed by atoms with Crippen LogP contribution in [-0.4, -0.2) is 50.6 Å². The molecule has 1 aromatic carbocycles.